The summed E-state index contributed by atoms with van der Waals surface area (Å²) in [6.45, 7) is 6.66. The Morgan fingerprint density at radius 2 is 1.83 bits per heavy atom. The van der Waals surface area contributed by atoms with E-state index in [1.54, 1.807) is 0 Å². The van der Waals surface area contributed by atoms with Gasteiger partial charge in [-0.1, -0.05) is 51.5 Å². The zero-order chi connectivity index (χ0) is 16.9. The minimum Gasteiger partial charge on any atom is -0.309 e. The van der Waals surface area contributed by atoms with Crippen LogP contribution in [0.25, 0.3) is 0 Å². The number of aromatic nitrogens is 2. The molecule has 1 atom stereocenters. The zero-order valence-electron chi connectivity index (χ0n) is 14.6. The molecule has 0 radical (unpaired) electrons. The topological polar surface area (TPSA) is 57.8 Å². The monoisotopic (exact) mass is 323 g/mol. The molecule has 1 aromatic carbocycles. The third-order valence-electron chi connectivity index (χ3n) is 5.52. The lowest BCUT2D eigenvalue weighted by atomic mass is 9.76. The van der Waals surface area contributed by atoms with E-state index in [4.69, 9.17) is 0 Å². The van der Waals surface area contributed by atoms with Crippen LogP contribution in [0.2, 0.25) is 0 Å². The van der Waals surface area contributed by atoms with E-state index < -0.39 is 0 Å². The van der Waals surface area contributed by atoms with Crippen LogP contribution in [0.1, 0.15) is 80.7 Å². The van der Waals surface area contributed by atoms with Gasteiger partial charge in [-0.2, -0.15) is 5.10 Å². The van der Waals surface area contributed by atoms with Gasteiger partial charge in [0.15, 0.2) is 5.82 Å². The van der Waals surface area contributed by atoms with Crippen molar-refractivity contribution in [1.29, 1.82) is 0 Å². The Bertz CT molecular complexity index is 763. The van der Waals surface area contributed by atoms with Crippen molar-refractivity contribution in [2.75, 3.05) is 5.32 Å². The van der Waals surface area contributed by atoms with Crippen LogP contribution in [0.15, 0.2) is 24.3 Å². The number of benzene rings is 1. The maximum atomic E-state index is 12.1. The normalized spacial score (nSPS) is 21.1. The summed E-state index contributed by atoms with van der Waals surface area (Å²) in [7, 11) is 0. The molecule has 2 aromatic rings. The fraction of sp³-hybridized carbons (Fsp3) is 0.500. The van der Waals surface area contributed by atoms with Crippen molar-refractivity contribution in [2.45, 2.75) is 63.7 Å². The summed E-state index contributed by atoms with van der Waals surface area (Å²) >= 11 is 0. The summed E-state index contributed by atoms with van der Waals surface area (Å²) in [4.78, 5) is 12.1. The molecule has 1 amide bonds. The molecule has 2 heterocycles. The van der Waals surface area contributed by atoms with Gasteiger partial charge in [0.2, 0.25) is 5.91 Å². The Balaban J connectivity index is 1.73. The first-order valence-corrected chi connectivity index (χ1v) is 8.92. The lowest BCUT2D eigenvalue weighted by Crippen LogP contribution is -2.25. The average Bonchev–Trinajstić information content (AvgIpc) is 2.87. The van der Waals surface area contributed by atoms with Crippen LogP contribution in [0.5, 0.6) is 0 Å². The van der Waals surface area contributed by atoms with Gasteiger partial charge >= 0.3 is 0 Å². The highest BCUT2D eigenvalue weighted by atomic mass is 16.1. The van der Waals surface area contributed by atoms with E-state index in [-0.39, 0.29) is 17.2 Å². The van der Waals surface area contributed by atoms with Crippen LogP contribution >= 0.6 is 0 Å². The number of nitrogens with one attached hydrogen (secondary N) is 2. The fourth-order valence-electron chi connectivity index (χ4n) is 3.79. The van der Waals surface area contributed by atoms with Crippen LogP contribution < -0.4 is 5.32 Å². The van der Waals surface area contributed by atoms with Gasteiger partial charge in [0.25, 0.3) is 0 Å². The summed E-state index contributed by atoms with van der Waals surface area (Å²) in [6.07, 6.45) is 4.23. The molecule has 4 nitrogen and oxygen atoms in total. The summed E-state index contributed by atoms with van der Waals surface area (Å²) in [5.41, 5.74) is 5.11. The summed E-state index contributed by atoms with van der Waals surface area (Å²) in [6, 6.07) is 8.77. The van der Waals surface area contributed by atoms with Gasteiger partial charge in [-0.25, -0.2) is 0 Å². The Kier molecular flexibility index (Phi) is 3.52. The van der Waals surface area contributed by atoms with Gasteiger partial charge in [0.05, 0.1) is 0 Å². The standard InChI is InChI=1S/C20H25N3O/c1-20(2,3)14-9-7-12(8-10-14)15-11-16(24)21-19-17(15)18(22-23-19)13-5-4-6-13/h7-10,13,15H,4-6,11H2,1-3H3,(H2,21,22,23,24). The number of carbonyl (C=O) groups excluding carboxylic acids is 1. The molecule has 1 aliphatic heterocycles. The van der Waals surface area contributed by atoms with Crippen molar-refractivity contribution in [3.05, 3.63) is 46.6 Å². The van der Waals surface area contributed by atoms with E-state index in [0.29, 0.717) is 12.3 Å². The third kappa shape index (κ3) is 2.54. The van der Waals surface area contributed by atoms with Crippen LogP contribution in [-0.2, 0) is 10.2 Å². The molecule has 24 heavy (non-hydrogen) atoms. The van der Waals surface area contributed by atoms with Crippen molar-refractivity contribution in [3.63, 3.8) is 0 Å². The van der Waals surface area contributed by atoms with Crippen LogP contribution in [0.3, 0.4) is 0 Å². The molecular weight excluding hydrogens is 298 g/mol. The molecule has 1 fully saturated rings. The predicted molar refractivity (Wildman–Crippen MR) is 95.4 cm³/mol. The molecule has 126 valence electrons. The SMILES string of the molecule is CC(C)(C)c1ccc(C2CC(=O)Nc3n[nH]c(C4CCC4)c32)cc1. The van der Waals surface area contributed by atoms with Crippen molar-refractivity contribution in [1.82, 2.24) is 10.2 Å². The van der Waals surface area contributed by atoms with Crippen molar-refractivity contribution in [3.8, 4) is 0 Å². The quantitative estimate of drug-likeness (QED) is 0.858. The third-order valence-corrected chi connectivity index (χ3v) is 5.52. The second-order valence-electron chi connectivity index (χ2n) is 8.20. The van der Waals surface area contributed by atoms with Crippen LogP contribution in [-0.4, -0.2) is 16.1 Å². The second-order valence-corrected chi connectivity index (χ2v) is 8.20. The van der Waals surface area contributed by atoms with E-state index in [9.17, 15) is 4.79 Å². The molecule has 0 saturated heterocycles. The molecule has 0 spiro atoms. The molecule has 1 aromatic heterocycles. The molecule has 2 N–H and O–H groups in total. The number of nitrogens with zero attached hydrogens (tertiary/aromatic N) is 1. The van der Waals surface area contributed by atoms with Crippen LogP contribution in [0, 0.1) is 0 Å². The van der Waals surface area contributed by atoms with Crippen molar-refractivity contribution >= 4 is 11.7 Å². The Hall–Kier alpha value is -2.10. The number of fused-ring (bicyclic) bond motifs is 1. The van der Waals surface area contributed by atoms with Gasteiger partial charge in [-0.3, -0.25) is 9.89 Å². The predicted octanol–water partition coefficient (Wildman–Crippen LogP) is 4.45. The maximum Gasteiger partial charge on any atom is 0.226 e. The van der Waals surface area contributed by atoms with Gasteiger partial charge in [0, 0.05) is 29.5 Å². The number of aromatic amines is 1. The number of H-pyrrole nitrogens is 1. The number of amides is 1. The minimum absolute atomic E-state index is 0.0547. The highest BCUT2D eigenvalue weighted by Crippen LogP contribution is 2.45. The lowest BCUT2D eigenvalue weighted by molar-refractivity contribution is -0.116. The van der Waals surface area contributed by atoms with Gasteiger partial charge < -0.3 is 5.32 Å². The minimum atomic E-state index is 0.0547. The first kappa shape index (κ1) is 15.4. The van der Waals surface area contributed by atoms with Gasteiger partial charge in [0.1, 0.15) is 0 Å². The number of hydrogen-bond acceptors (Lipinski definition) is 2. The van der Waals surface area contributed by atoms with E-state index in [1.807, 2.05) is 0 Å². The fourth-order valence-corrected chi connectivity index (χ4v) is 3.79. The van der Waals surface area contributed by atoms with E-state index >= 15 is 0 Å². The smallest absolute Gasteiger partial charge is 0.226 e. The first-order valence-electron chi connectivity index (χ1n) is 8.92. The highest BCUT2D eigenvalue weighted by molar-refractivity contribution is 5.94. The second kappa shape index (κ2) is 5.47. The van der Waals surface area contributed by atoms with Crippen molar-refractivity contribution in [2.24, 2.45) is 0 Å². The maximum absolute atomic E-state index is 12.1. The number of carbonyl (C=O) groups is 1. The Morgan fingerprint density at radius 1 is 1.12 bits per heavy atom. The molecule has 1 unspecified atom stereocenters. The molecule has 4 rings (SSSR count). The summed E-state index contributed by atoms with van der Waals surface area (Å²) in [5, 5.41) is 10.5. The molecule has 0 bridgehead atoms. The Labute approximate surface area is 143 Å². The van der Waals surface area contributed by atoms with Crippen LogP contribution in [0.4, 0.5) is 5.82 Å². The molecular formula is C20H25N3O. The summed E-state index contributed by atoms with van der Waals surface area (Å²) < 4.78 is 0. The lowest BCUT2D eigenvalue weighted by Gasteiger charge is -2.29. The summed E-state index contributed by atoms with van der Waals surface area (Å²) in [5.74, 6) is 1.47. The number of rotatable bonds is 2. The molecule has 1 aliphatic carbocycles. The first-order chi connectivity index (χ1) is 11.4. The van der Waals surface area contributed by atoms with E-state index in [2.05, 4.69) is 60.6 Å². The van der Waals surface area contributed by atoms with Gasteiger partial charge in [-0.05, 0) is 29.4 Å². The molecule has 2 aliphatic rings. The number of hydrogen-bond donors (Lipinski definition) is 2. The highest BCUT2D eigenvalue weighted by Gasteiger charge is 2.35. The molecule has 4 heteroatoms. The number of anilines is 1. The molecule has 1 saturated carbocycles. The largest absolute Gasteiger partial charge is 0.309 e. The van der Waals surface area contributed by atoms with E-state index in [0.717, 1.165) is 5.82 Å². The zero-order valence-corrected chi connectivity index (χ0v) is 14.6. The van der Waals surface area contributed by atoms with Gasteiger partial charge in [-0.15, -0.1) is 0 Å². The van der Waals surface area contributed by atoms with E-state index in [1.165, 1.54) is 41.6 Å². The average molecular weight is 323 g/mol. The van der Waals surface area contributed by atoms with Crippen molar-refractivity contribution < 1.29 is 4.79 Å². The Morgan fingerprint density at radius 3 is 2.42 bits per heavy atom.